The van der Waals surface area contributed by atoms with Crippen LogP contribution in [0.3, 0.4) is 0 Å². The molecule has 0 aromatic rings. The topological polar surface area (TPSA) is 15.3 Å². The Bertz CT molecular complexity index is 132. The zero-order valence-corrected chi connectivity index (χ0v) is 9.34. The molecule has 1 aliphatic carbocycles. The maximum Gasteiger partial charge on any atom is 0.0166 e. The van der Waals surface area contributed by atoms with Crippen LogP contribution in [-0.2, 0) is 0 Å². The second-order valence-electron chi connectivity index (χ2n) is 4.25. The molecule has 1 fully saturated rings. The molecule has 1 rings (SSSR count). The number of hydrogen-bond acceptors (Lipinski definition) is 2. The molecule has 1 saturated carbocycles. The third-order valence-electron chi connectivity index (χ3n) is 2.75. The minimum atomic E-state index is 0.642. The highest BCUT2D eigenvalue weighted by atomic mass is 15.1. The molecule has 0 bridgehead atoms. The summed E-state index contributed by atoms with van der Waals surface area (Å²) in [5.74, 6) is 1.02. The van der Waals surface area contributed by atoms with E-state index in [0.29, 0.717) is 6.04 Å². The molecule has 78 valence electrons. The van der Waals surface area contributed by atoms with E-state index in [1.807, 2.05) is 0 Å². The summed E-state index contributed by atoms with van der Waals surface area (Å²) in [5.41, 5.74) is 0. The lowest BCUT2D eigenvalue weighted by Crippen LogP contribution is -2.39. The van der Waals surface area contributed by atoms with Gasteiger partial charge in [0.15, 0.2) is 0 Å². The zero-order valence-electron chi connectivity index (χ0n) is 9.34. The van der Waals surface area contributed by atoms with Crippen LogP contribution in [0, 0.1) is 5.92 Å². The van der Waals surface area contributed by atoms with Crippen molar-refractivity contribution in [1.82, 2.24) is 10.2 Å². The van der Waals surface area contributed by atoms with Crippen LogP contribution in [0.15, 0.2) is 0 Å². The fraction of sp³-hybridized carbons (Fsp3) is 1.00. The van der Waals surface area contributed by atoms with Crippen molar-refractivity contribution >= 4 is 0 Å². The molecule has 1 atom stereocenters. The van der Waals surface area contributed by atoms with Crippen LogP contribution in [0.4, 0.5) is 0 Å². The predicted molar refractivity (Wildman–Crippen MR) is 58.0 cm³/mol. The molecule has 0 heterocycles. The second kappa shape index (κ2) is 5.61. The molecule has 0 aromatic carbocycles. The lowest BCUT2D eigenvalue weighted by atomic mass is 10.2. The number of likely N-dealkylation sites (N-methyl/N-ethyl adjacent to an activating group) is 2. The Morgan fingerprint density at radius 3 is 2.54 bits per heavy atom. The first-order valence-electron chi connectivity index (χ1n) is 5.72. The fourth-order valence-electron chi connectivity index (χ4n) is 1.80. The number of nitrogens with zero attached hydrogens (tertiary/aromatic N) is 1. The van der Waals surface area contributed by atoms with Crippen molar-refractivity contribution in [3.8, 4) is 0 Å². The first kappa shape index (κ1) is 11.0. The Labute approximate surface area is 82.7 Å². The maximum absolute atomic E-state index is 3.46. The smallest absolute Gasteiger partial charge is 0.0166 e. The predicted octanol–water partition coefficient (Wildman–Crippen LogP) is 1.72. The summed E-state index contributed by atoms with van der Waals surface area (Å²) in [6, 6.07) is 0.642. The van der Waals surface area contributed by atoms with Gasteiger partial charge < -0.3 is 10.2 Å². The van der Waals surface area contributed by atoms with E-state index < -0.39 is 0 Å². The second-order valence-corrected chi connectivity index (χ2v) is 4.25. The average Bonchev–Trinajstić information content (AvgIpc) is 2.87. The molecule has 2 nitrogen and oxygen atoms in total. The van der Waals surface area contributed by atoms with Crippen LogP contribution < -0.4 is 5.32 Å². The van der Waals surface area contributed by atoms with E-state index in [9.17, 15) is 0 Å². The van der Waals surface area contributed by atoms with Crippen LogP contribution >= 0.6 is 0 Å². The lowest BCUT2D eigenvalue weighted by Gasteiger charge is -2.24. The third-order valence-corrected chi connectivity index (χ3v) is 2.75. The molecular formula is C11H24N2. The van der Waals surface area contributed by atoms with Crippen molar-refractivity contribution in [3.05, 3.63) is 0 Å². The van der Waals surface area contributed by atoms with Gasteiger partial charge in [0.05, 0.1) is 0 Å². The normalized spacial score (nSPS) is 19.4. The lowest BCUT2D eigenvalue weighted by molar-refractivity contribution is 0.250. The molecule has 1 N–H and O–H groups in total. The molecule has 0 amide bonds. The highest BCUT2D eigenvalue weighted by molar-refractivity contribution is 4.78. The van der Waals surface area contributed by atoms with E-state index in [4.69, 9.17) is 0 Å². The highest BCUT2D eigenvalue weighted by Crippen LogP contribution is 2.29. The van der Waals surface area contributed by atoms with Crippen molar-refractivity contribution in [2.45, 2.75) is 39.7 Å². The van der Waals surface area contributed by atoms with Gasteiger partial charge in [0.1, 0.15) is 0 Å². The first-order valence-corrected chi connectivity index (χ1v) is 5.72. The molecule has 0 aromatic heterocycles. The molecule has 0 aliphatic heterocycles. The van der Waals surface area contributed by atoms with Crippen LogP contribution in [0.1, 0.15) is 33.6 Å². The molecule has 1 aliphatic rings. The minimum Gasteiger partial charge on any atom is -0.313 e. The summed E-state index contributed by atoms with van der Waals surface area (Å²) in [7, 11) is 0. The number of rotatable bonds is 7. The summed E-state index contributed by atoms with van der Waals surface area (Å²) in [5, 5.41) is 3.46. The molecule has 1 unspecified atom stereocenters. The van der Waals surface area contributed by atoms with Gasteiger partial charge in [0, 0.05) is 19.1 Å². The van der Waals surface area contributed by atoms with Gasteiger partial charge >= 0.3 is 0 Å². The average molecular weight is 184 g/mol. The van der Waals surface area contributed by atoms with Crippen molar-refractivity contribution in [1.29, 1.82) is 0 Å². The maximum atomic E-state index is 3.46. The van der Waals surface area contributed by atoms with Crippen molar-refractivity contribution < 1.29 is 0 Å². The van der Waals surface area contributed by atoms with Crippen LogP contribution in [0.2, 0.25) is 0 Å². The van der Waals surface area contributed by atoms with Gasteiger partial charge in [-0.3, -0.25) is 0 Å². The Balaban J connectivity index is 2.13. The summed E-state index contributed by atoms with van der Waals surface area (Å²) < 4.78 is 0. The van der Waals surface area contributed by atoms with E-state index in [-0.39, 0.29) is 0 Å². The highest BCUT2D eigenvalue weighted by Gasteiger charge is 2.23. The number of nitrogens with one attached hydrogen (secondary N) is 1. The van der Waals surface area contributed by atoms with Crippen molar-refractivity contribution in [2.75, 3.05) is 26.2 Å². The van der Waals surface area contributed by atoms with Crippen LogP contribution in [-0.4, -0.2) is 37.1 Å². The van der Waals surface area contributed by atoms with Crippen molar-refractivity contribution in [2.24, 2.45) is 5.92 Å². The first-order chi connectivity index (χ1) is 6.26. The Morgan fingerprint density at radius 2 is 2.08 bits per heavy atom. The summed E-state index contributed by atoms with van der Waals surface area (Å²) in [6.07, 6.45) is 2.93. The van der Waals surface area contributed by atoms with Crippen molar-refractivity contribution in [3.63, 3.8) is 0 Å². The molecule has 13 heavy (non-hydrogen) atoms. The molecular weight excluding hydrogens is 160 g/mol. The van der Waals surface area contributed by atoms with E-state index >= 15 is 0 Å². The van der Waals surface area contributed by atoms with Gasteiger partial charge in [0.2, 0.25) is 0 Å². The van der Waals surface area contributed by atoms with E-state index in [0.717, 1.165) is 12.5 Å². The van der Waals surface area contributed by atoms with Gasteiger partial charge in [-0.05, 0) is 38.8 Å². The van der Waals surface area contributed by atoms with E-state index in [1.165, 1.54) is 32.5 Å². The molecule has 2 heteroatoms. The molecule has 0 radical (unpaired) electrons. The molecule has 0 spiro atoms. The zero-order chi connectivity index (χ0) is 9.68. The molecule has 0 saturated heterocycles. The Hall–Kier alpha value is -0.0800. The number of hydrogen-bond donors (Lipinski definition) is 1. The third kappa shape index (κ3) is 4.63. The summed E-state index contributed by atoms with van der Waals surface area (Å²) >= 11 is 0. The van der Waals surface area contributed by atoms with Crippen LogP contribution in [0.25, 0.3) is 0 Å². The van der Waals surface area contributed by atoms with Gasteiger partial charge in [-0.2, -0.15) is 0 Å². The standard InChI is InChI=1S/C11H24N2/c1-4-12-10(3)8-13(5-2)9-11-6-7-11/h10-12H,4-9H2,1-3H3. The fourth-order valence-corrected chi connectivity index (χ4v) is 1.80. The SMILES string of the molecule is CCNC(C)CN(CC)CC1CC1. The van der Waals surface area contributed by atoms with Crippen LogP contribution in [0.5, 0.6) is 0 Å². The van der Waals surface area contributed by atoms with Gasteiger partial charge in [0.25, 0.3) is 0 Å². The minimum absolute atomic E-state index is 0.642. The Morgan fingerprint density at radius 1 is 1.38 bits per heavy atom. The quantitative estimate of drug-likeness (QED) is 0.648. The largest absolute Gasteiger partial charge is 0.313 e. The van der Waals surface area contributed by atoms with E-state index in [2.05, 4.69) is 31.0 Å². The van der Waals surface area contributed by atoms with Gasteiger partial charge in [-0.15, -0.1) is 0 Å². The monoisotopic (exact) mass is 184 g/mol. The van der Waals surface area contributed by atoms with Gasteiger partial charge in [-0.1, -0.05) is 13.8 Å². The van der Waals surface area contributed by atoms with Gasteiger partial charge in [-0.25, -0.2) is 0 Å². The van der Waals surface area contributed by atoms with E-state index in [1.54, 1.807) is 0 Å². The Kier molecular flexibility index (Phi) is 4.74. The summed E-state index contributed by atoms with van der Waals surface area (Å²) in [4.78, 5) is 2.57. The summed E-state index contributed by atoms with van der Waals surface area (Å²) in [6.45, 7) is 11.5.